The summed E-state index contributed by atoms with van der Waals surface area (Å²) < 4.78 is 1.41. The monoisotopic (exact) mass is 383 g/mol. The van der Waals surface area contributed by atoms with Crippen LogP contribution in [0.4, 0.5) is 11.4 Å². The van der Waals surface area contributed by atoms with Gasteiger partial charge in [0.05, 0.1) is 11.5 Å². The van der Waals surface area contributed by atoms with Crippen LogP contribution in [0, 0.1) is 10.1 Å². The smallest absolute Gasteiger partial charge is 0.271 e. The zero-order valence-electron chi connectivity index (χ0n) is 14.0. The van der Waals surface area contributed by atoms with Crippen LogP contribution in [0.1, 0.15) is 15.9 Å². The molecule has 1 amide bonds. The van der Waals surface area contributed by atoms with Crippen molar-refractivity contribution < 1.29 is 9.72 Å². The number of benzene rings is 2. The number of nitro groups is 1. The van der Waals surface area contributed by atoms with E-state index in [0.717, 1.165) is 5.56 Å². The fraction of sp³-hybridized carbons (Fsp3) is 0.0526. The number of hydrogen-bond acceptors (Lipinski definition) is 4. The molecule has 7 nitrogen and oxygen atoms in total. The normalized spacial score (nSPS) is 10.4. The first-order valence-electron chi connectivity index (χ1n) is 7.94. The van der Waals surface area contributed by atoms with Crippen molar-refractivity contribution in [3.63, 3.8) is 0 Å². The minimum Gasteiger partial charge on any atom is -0.322 e. The van der Waals surface area contributed by atoms with Gasteiger partial charge in [0, 0.05) is 29.0 Å². The zero-order valence-corrected chi connectivity index (χ0v) is 14.7. The van der Waals surface area contributed by atoms with Gasteiger partial charge in [0.15, 0.2) is 0 Å². The predicted octanol–water partition coefficient (Wildman–Crippen LogP) is 3.71. The second-order valence-corrected chi connectivity index (χ2v) is 6.18. The second-order valence-electron chi connectivity index (χ2n) is 5.74. The van der Waals surface area contributed by atoms with Crippen LogP contribution in [0.5, 0.6) is 0 Å². The average Bonchev–Trinajstić information content (AvgIpc) is 2.65. The summed E-state index contributed by atoms with van der Waals surface area (Å²) in [7, 11) is 0. The van der Waals surface area contributed by atoms with E-state index in [-0.39, 0.29) is 23.5 Å². The Balaban J connectivity index is 1.83. The Morgan fingerprint density at radius 1 is 1.11 bits per heavy atom. The molecule has 0 bridgehead atoms. The molecule has 0 atom stereocenters. The van der Waals surface area contributed by atoms with Crippen molar-refractivity contribution in [2.75, 3.05) is 5.32 Å². The Labute approximate surface area is 159 Å². The molecule has 1 heterocycles. The maximum absolute atomic E-state index is 12.6. The lowest BCUT2D eigenvalue weighted by molar-refractivity contribution is -0.384. The molecule has 0 radical (unpaired) electrons. The SMILES string of the molecule is O=C(Nc1cccc([N+](=O)[O-])c1)c1cccn(Cc2ccc(Cl)cc2)c1=O. The van der Waals surface area contributed by atoms with Gasteiger partial charge in [0.2, 0.25) is 0 Å². The lowest BCUT2D eigenvalue weighted by Gasteiger charge is -2.09. The number of carbonyl (C=O) groups is 1. The van der Waals surface area contributed by atoms with Crippen molar-refractivity contribution in [2.24, 2.45) is 0 Å². The van der Waals surface area contributed by atoms with Crippen LogP contribution < -0.4 is 10.9 Å². The maximum Gasteiger partial charge on any atom is 0.271 e. The van der Waals surface area contributed by atoms with Crippen molar-refractivity contribution in [3.05, 3.63) is 103 Å². The Bertz CT molecular complexity index is 1060. The molecule has 0 saturated heterocycles. The number of rotatable bonds is 5. The topological polar surface area (TPSA) is 94.2 Å². The summed E-state index contributed by atoms with van der Waals surface area (Å²) in [6, 6.07) is 15.6. The Hall–Kier alpha value is -3.45. The van der Waals surface area contributed by atoms with Gasteiger partial charge in [0.25, 0.3) is 17.2 Å². The van der Waals surface area contributed by atoms with E-state index in [1.165, 1.54) is 34.9 Å². The number of pyridine rings is 1. The van der Waals surface area contributed by atoms with Gasteiger partial charge in [-0.3, -0.25) is 19.7 Å². The standard InChI is InChI=1S/C19H14ClN3O4/c20-14-8-6-13(7-9-14)12-22-10-2-5-17(19(22)25)18(24)21-15-3-1-4-16(11-15)23(26)27/h1-11H,12H2,(H,21,24). The van der Waals surface area contributed by atoms with Crippen LogP contribution in [0.2, 0.25) is 5.02 Å². The van der Waals surface area contributed by atoms with Gasteiger partial charge in [-0.15, -0.1) is 0 Å². The second kappa shape index (κ2) is 7.84. The number of anilines is 1. The molecule has 136 valence electrons. The summed E-state index contributed by atoms with van der Waals surface area (Å²) in [4.78, 5) is 35.3. The summed E-state index contributed by atoms with van der Waals surface area (Å²) in [6.07, 6.45) is 1.58. The summed E-state index contributed by atoms with van der Waals surface area (Å²) >= 11 is 5.86. The summed E-state index contributed by atoms with van der Waals surface area (Å²) in [5, 5.41) is 13.9. The van der Waals surface area contributed by atoms with Gasteiger partial charge in [-0.05, 0) is 35.9 Å². The lowest BCUT2D eigenvalue weighted by Crippen LogP contribution is -2.29. The Morgan fingerprint density at radius 3 is 2.56 bits per heavy atom. The molecule has 0 unspecified atom stereocenters. The van der Waals surface area contributed by atoms with E-state index in [1.807, 2.05) is 0 Å². The van der Waals surface area contributed by atoms with Crippen molar-refractivity contribution in [1.82, 2.24) is 4.57 Å². The van der Waals surface area contributed by atoms with Gasteiger partial charge < -0.3 is 9.88 Å². The molecule has 8 heteroatoms. The first-order chi connectivity index (χ1) is 12.9. The van der Waals surface area contributed by atoms with E-state index < -0.39 is 16.4 Å². The molecule has 0 aliphatic heterocycles. The number of hydrogen-bond donors (Lipinski definition) is 1. The lowest BCUT2D eigenvalue weighted by atomic mass is 10.2. The number of amides is 1. The molecule has 0 spiro atoms. The molecule has 0 aliphatic rings. The maximum atomic E-state index is 12.6. The summed E-state index contributed by atoms with van der Waals surface area (Å²) in [5.41, 5.74) is 0.425. The molecule has 2 aromatic carbocycles. The van der Waals surface area contributed by atoms with Crippen LogP contribution >= 0.6 is 11.6 Å². The van der Waals surface area contributed by atoms with Crippen LogP contribution in [-0.4, -0.2) is 15.4 Å². The third-order valence-corrected chi connectivity index (χ3v) is 4.10. The number of non-ortho nitro benzene ring substituents is 1. The van der Waals surface area contributed by atoms with E-state index >= 15 is 0 Å². The van der Waals surface area contributed by atoms with Gasteiger partial charge in [-0.2, -0.15) is 0 Å². The molecule has 0 aliphatic carbocycles. The average molecular weight is 384 g/mol. The van der Waals surface area contributed by atoms with Gasteiger partial charge >= 0.3 is 0 Å². The number of aromatic nitrogens is 1. The van der Waals surface area contributed by atoms with Crippen molar-refractivity contribution >= 4 is 28.9 Å². The van der Waals surface area contributed by atoms with Crippen LogP contribution in [0.25, 0.3) is 0 Å². The molecule has 1 aromatic heterocycles. The number of halogens is 1. The number of nitrogens with one attached hydrogen (secondary N) is 1. The molecule has 3 rings (SSSR count). The molecule has 27 heavy (non-hydrogen) atoms. The molecular weight excluding hydrogens is 370 g/mol. The van der Waals surface area contributed by atoms with E-state index in [9.17, 15) is 19.7 Å². The fourth-order valence-electron chi connectivity index (χ4n) is 2.52. The summed E-state index contributed by atoms with van der Waals surface area (Å²) in [6.45, 7) is 0.286. The third kappa shape index (κ3) is 4.39. The Morgan fingerprint density at radius 2 is 1.85 bits per heavy atom. The van der Waals surface area contributed by atoms with Crippen LogP contribution in [-0.2, 0) is 6.54 Å². The van der Waals surface area contributed by atoms with Gasteiger partial charge in [-0.25, -0.2) is 0 Å². The summed E-state index contributed by atoms with van der Waals surface area (Å²) in [5.74, 6) is -0.633. The van der Waals surface area contributed by atoms with Crippen molar-refractivity contribution in [2.45, 2.75) is 6.54 Å². The molecule has 0 saturated carbocycles. The molecule has 3 aromatic rings. The van der Waals surface area contributed by atoms with E-state index in [0.29, 0.717) is 5.02 Å². The van der Waals surface area contributed by atoms with Crippen LogP contribution in [0.3, 0.4) is 0 Å². The number of carbonyl (C=O) groups excluding carboxylic acids is 1. The van der Waals surface area contributed by atoms with Crippen LogP contribution in [0.15, 0.2) is 71.7 Å². The molecule has 1 N–H and O–H groups in total. The zero-order chi connectivity index (χ0) is 19.4. The predicted molar refractivity (Wildman–Crippen MR) is 102 cm³/mol. The highest BCUT2D eigenvalue weighted by molar-refractivity contribution is 6.30. The number of nitro benzene ring substituents is 1. The van der Waals surface area contributed by atoms with E-state index in [2.05, 4.69) is 5.32 Å². The van der Waals surface area contributed by atoms with Gasteiger partial charge in [-0.1, -0.05) is 29.8 Å². The quantitative estimate of drug-likeness (QED) is 0.536. The largest absolute Gasteiger partial charge is 0.322 e. The van der Waals surface area contributed by atoms with Crippen molar-refractivity contribution in [1.29, 1.82) is 0 Å². The van der Waals surface area contributed by atoms with Gasteiger partial charge in [0.1, 0.15) is 5.56 Å². The highest BCUT2D eigenvalue weighted by Gasteiger charge is 2.14. The highest BCUT2D eigenvalue weighted by atomic mass is 35.5. The molecular formula is C19H14ClN3O4. The Kier molecular flexibility index (Phi) is 5.33. The van der Waals surface area contributed by atoms with Crippen molar-refractivity contribution in [3.8, 4) is 0 Å². The number of nitrogens with zero attached hydrogens (tertiary/aromatic N) is 2. The first-order valence-corrected chi connectivity index (χ1v) is 8.31. The minimum absolute atomic E-state index is 0.0574. The fourth-order valence-corrected chi connectivity index (χ4v) is 2.64. The first kappa shape index (κ1) is 18.3. The minimum atomic E-state index is -0.633. The van der Waals surface area contributed by atoms with E-state index in [4.69, 9.17) is 11.6 Å². The molecule has 0 fully saturated rings. The third-order valence-electron chi connectivity index (χ3n) is 3.85. The van der Waals surface area contributed by atoms with E-state index in [1.54, 1.807) is 36.5 Å². The highest BCUT2D eigenvalue weighted by Crippen LogP contribution is 2.17.